The van der Waals surface area contributed by atoms with Crippen LogP contribution in [0.4, 0.5) is 5.69 Å². The van der Waals surface area contributed by atoms with Crippen molar-refractivity contribution in [2.24, 2.45) is 5.73 Å². The molecule has 0 saturated carbocycles. The van der Waals surface area contributed by atoms with Crippen LogP contribution < -0.4 is 15.4 Å². The van der Waals surface area contributed by atoms with Crippen LogP contribution in [0.15, 0.2) is 18.2 Å². The van der Waals surface area contributed by atoms with Gasteiger partial charge in [0.1, 0.15) is 5.75 Å². The van der Waals surface area contributed by atoms with Gasteiger partial charge in [0.25, 0.3) is 5.91 Å². The molecule has 1 aromatic rings. The number of rotatable bonds is 5. The Bertz CT molecular complexity index is 559. The van der Waals surface area contributed by atoms with Gasteiger partial charge in [0.05, 0.1) is 12.1 Å². The van der Waals surface area contributed by atoms with Gasteiger partial charge in [-0.1, -0.05) is 13.0 Å². The molecule has 2 rings (SSSR count). The zero-order chi connectivity index (χ0) is 15.6. The molecule has 0 aliphatic carbocycles. The molecule has 1 aliphatic rings. The highest BCUT2D eigenvalue weighted by Gasteiger charge is 2.32. The molecule has 0 spiro atoms. The standard InChI is InChI=1S/C15H20N2O4/c1-3-11(16)10-4-5-13-12(8-10)17(7-6-14(18)19)15(20)9(2)21-13/h4-5,8-9,11H,3,6-7,16H2,1-2H3,(H,18,19). The average molecular weight is 292 g/mol. The van der Waals surface area contributed by atoms with Crippen LogP contribution in [-0.2, 0) is 9.59 Å². The first-order chi connectivity index (χ1) is 9.93. The van der Waals surface area contributed by atoms with Crippen LogP contribution in [-0.4, -0.2) is 29.6 Å². The molecular formula is C15H20N2O4. The van der Waals surface area contributed by atoms with E-state index in [9.17, 15) is 9.59 Å². The van der Waals surface area contributed by atoms with Crippen LogP contribution in [0.3, 0.4) is 0 Å². The zero-order valence-electron chi connectivity index (χ0n) is 12.2. The van der Waals surface area contributed by atoms with Crippen molar-refractivity contribution in [1.29, 1.82) is 0 Å². The fourth-order valence-electron chi connectivity index (χ4n) is 2.33. The topological polar surface area (TPSA) is 92.9 Å². The molecule has 0 fully saturated rings. The molecule has 0 radical (unpaired) electrons. The summed E-state index contributed by atoms with van der Waals surface area (Å²) in [5.74, 6) is -0.588. The number of carboxylic acids is 1. The Balaban J connectivity index is 2.37. The van der Waals surface area contributed by atoms with E-state index in [1.165, 1.54) is 4.90 Å². The molecule has 1 amide bonds. The number of hydrogen-bond donors (Lipinski definition) is 2. The highest BCUT2D eigenvalue weighted by atomic mass is 16.5. The van der Waals surface area contributed by atoms with Crippen LogP contribution in [0.2, 0.25) is 0 Å². The minimum absolute atomic E-state index is 0.109. The van der Waals surface area contributed by atoms with Gasteiger partial charge in [-0.2, -0.15) is 0 Å². The van der Waals surface area contributed by atoms with Crippen LogP contribution in [0.5, 0.6) is 5.75 Å². The third-order valence-corrected chi connectivity index (χ3v) is 3.61. The van der Waals surface area contributed by atoms with Crippen molar-refractivity contribution in [3.63, 3.8) is 0 Å². The summed E-state index contributed by atoms with van der Waals surface area (Å²) in [5.41, 5.74) is 7.52. The SMILES string of the molecule is CCC(N)c1ccc2c(c1)N(CCC(=O)O)C(=O)C(C)O2. The third kappa shape index (κ3) is 3.16. The Morgan fingerprint density at radius 3 is 2.86 bits per heavy atom. The summed E-state index contributed by atoms with van der Waals surface area (Å²) in [5, 5.41) is 8.84. The predicted molar refractivity (Wildman–Crippen MR) is 78.4 cm³/mol. The Morgan fingerprint density at radius 1 is 1.52 bits per heavy atom. The number of nitrogens with two attached hydrogens (primary N) is 1. The first kappa shape index (κ1) is 15.3. The van der Waals surface area contributed by atoms with Crippen LogP contribution in [0, 0.1) is 0 Å². The Hall–Kier alpha value is -2.08. The summed E-state index contributed by atoms with van der Waals surface area (Å²) < 4.78 is 5.57. The summed E-state index contributed by atoms with van der Waals surface area (Å²) in [4.78, 5) is 24.5. The summed E-state index contributed by atoms with van der Waals surface area (Å²) in [6.45, 7) is 3.76. The maximum absolute atomic E-state index is 12.2. The number of anilines is 1. The van der Waals surface area contributed by atoms with Gasteiger partial charge in [-0.15, -0.1) is 0 Å². The average Bonchev–Trinajstić information content (AvgIpc) is 2.46. The summed E-state index contributed by atoms with van der Waals surface area (Å²) in [6.07, 6.45) is 0.0538. The van der Waals surface area contributed by atoms with Crippen molar-refractivity contribution in [1.82, 2.24) is 0 Å². The van der Waals surface area contributed by atoms with Gasteiger partial charge < -0.3 is 20.5 Å². The van der Waals surface area contributed by atoms with E-state index in [0.717, 1.165) is 12.0 Å². The maximum Gasteiger partial charge on any atom is 0.305 e. The van der Waals surface area contributed by atoms with Gasteiger partial charge in [0.2, 0.25) is 0 Å². The minimum Gasteiger partial charge on any atom is -0.481 e. The normalized spacial score (nSPS) is 18.9. The molecule has 1 heterocycles. The second-order valence-corrected chi connectivity index (χ2v) is 5.14. The number of ether oxygens (including phenoxy) is 1. The smallest absolute Gasteiger partial charge is 0.305 e. The Labute approximate surface area is 123 Å². The maximum atomic E-state index is 12.2. The zero-order valence-corrected chi connectivity index (χ0v) is 12.2. The van der Waals surface area contributed by atoms with E-state index in [1.54, 1.807) is 13.0 Å². The molecule has 0 saturated heterocycles. The van der Waals surface area contributed by atoms with Crippen molar-refractivity contribution in [3.8, 4) is 5.75 Å². The molecule has 114 valence electrons. The summed E-state index contributed by atoms with van der Waals surface area (Å²) >= 11 is 0. The van der Waals surface area contributed by atoms with Crippen molar-refractivity contribution >= 4 is 17.6 Å². The van der Waals surface area contributed by atoms with E-state index in [4.69, 9.17) is 15.6 Å². The van der Waals surface area contributed by atoms with Gasteiger partial charge >= 0.3 is 5.97 Å². The monoisotopic (exact) mass is 292 g/mol. The van der Waals surface area contributed by atoms with E-state index in [0.29, 0.717) is 11.4 Å². The number of fused-ring (bicyclic) bond motifs is 1. The molecular weight excluding hydrogens is 272 g/mol. The lowest BCUT2D eigenvalue weighted by atomic mass is 10.0. The molecule has 6 nitrogen and oxygen atoms in total. The molecule has 0 aromatic heterocycles. The van der Waals surface area contributed by atoms with Crippen molar-refractivity contribution in [3.05, 3.63) is 23.8 Å². The molecule has 6 heteroatoms. The number of benzene rings is 1. The first-order valence-corrected chi connectivity index (χ1v) is 7.03. The predicted octanol–water partition coefficient (Wildman–Crippen LogP) is 1.68. The summed E-state index contributed by atoms with van der Waals surface area (Å²) in [6, 6.07) is 5.36. The molecule has 1 aromatic carbocycles. The number of carbonyl (C=O) groups is 2. The van der Waals surface area contributed by atoms with Crippen LogP contribution in [0.25, 0.3) is 0 Å². The van der Waals surface area contributed by atoms with Crippen LogP contribution >= 0.6 is 0 Å². The highest BCUT2D eigenvalue weighted by Crippen LogP contribution is 2.36. The lowest BCUT2D eigenvalue weighted by Crippen LogP contribution is -2.45. The quantitative estimate of drug-likeness (QED) is 0.861. The molecule has 3 N–H and O–H groups in total. The van der Waals surface area contributed by atoms with Crippen molar-refractivity contribution in [2.45, 2.75) is 38.8 Å². The largest absolute Gasteiger partial charge is 0.481 e. The van der Waals surface area contributed by atoms with Gasteiger partial charge in [0, 0.05) is 12.6 Å². The van der Waals surface area contributed by atoms with Gasteiger partial charge in [-0.3, -0.25) is 9.59 Å². The Morgan fingerprint density at radius 2 is 2.24 bits per heavy atom. The fourth-order valence-corrected chi connectivity index (χ4v) is 2.33. The lowest BCUT2D eigenvalue weighted by molar-refractivity contribution is -0.136. The number of hydrogen-bond acceptors (Lipinski definition) is 4. The Kier molecular flexibility index (Phi) is 4.47. The third-order valence-electron chi connectivity index (χ3n) is 3.61. The van der Waals surface area contributed by atoms with Crippen molar-refractivity contribution < 1.29 is 19.4 Å². The van der Waals surface area contributed by atoms with Crippen molar-refractivity contribution in [2.75, 3.05) is 11.4 Å². The van der Waals surface area contributed by atoms with E-state index in [2.05, 4.69) is 0 Å². The molecule has 2 unspecified atom stereocenters. The number of nitrogens with zero attached hydrogens (tertiary/aromatic N) is 1. The van der Waals surface area contributed by atoms with E-state index in [-0.39, 0.29) is 24.9 Å². The second kappa shape index (κ2) is 6.13. The highest BCUT2D eigenvalue weighted by molar-refractivity contribution is 6.00. The molecule has 21 heavy (non-hydrogen) atoms. The fraction of sp³-hybridized carbons (Fsp3) is 0.467. The number of carboxylic acid groups (broad SMARTS) is 1. The van der Waals surface area contributed by atoms with E-state index < -0.39 is 12.1 Å². The number of carbonyl (C=O) groups excluding carboxylic acids is 1. The molecule has 2 atom stereocenters. The molecule has 1 aliphatic heterocycles. The van der Waals surface area contributed by atoms with Gasteiger partial charge in [-0.25, -0.2) is 0 Å². The first-order valence-electron chi connectivity index (χ1n) is 7.03. The van der Waals surface area contributed by atoms with Gasteiger partial charge in [0.15, 0.2) is 6.10 Å². The minimum atomic E-state index is -0.940. The summed E-state index contributed by atoms with van der Waals surface area (Å²) in [7, 11) is 0. The van der Waals surface area contributed by atoms with E-state index in [1.807, 2.05) is 19.1 Å². The lowest BCUT2D eigenvalue weighted by Gasteiger charge is -2.33. The second-order valence-electron chi connectivity index (χ2n) is 5.14. The van der Waals surface area contributed by atoms with Crippen LogP contribution in [0.1, 0.15) is 38.3 Å². The number of aliphatic carboxylic acids is 1. The number of amides is 1. The molecule has 0 bridgehead atoms. The van der Waals surface area contributed by atoms with E-state index >= 15 is 0 Å². The van der Waals surface area contributed by atoms with Gasteiger partial charge in [-0.05, 0) is 31.0 Å².